The number of carbonyl (C=O) groups is 1. The van der Waals surface area contributed by atoms with Crippen molar-refractivity contribution in [2.24, 2.45) is 0 Å². The number of para-hydroxylation sites is 1. The second kappa shape index (κ2) is 7.17. The highest BCUT2D eigenvalue weighted by molar-refractivity contribution is 5.91. The van der Waals surface area contributed by atoms with Gasteiger partial charge < -0.3 is 9.47 Å². The number of benzene rings is 2. The van der Waals surface area contributed by atoms with E-state index in [4.69, 9.17) is 9.47 Å². The predicted octanol–water partition coefficient (Wildman–Crippen LogP) is 5.49. The molecule has 0 radical (unpaired) electrons. The van der Waals surface area contributed by atoms with E-state index < -0.39 is 23.3 Å². The molecule has 6 heteroatoms. The molecule has 2 rings (SSSR count). The molecule has 0 saturated heterocycles. The zero-order chi connectivity index (χ0) is 18.7. The molecule has 25 heavy (non-hydrogen) atoms. The van der Waals surface area contributed by atoms with E-state index in [0.29, 0.717) is 12.2 Å². The number of hydrogen-bond donors (Lipinski definition) is 0. The first-order chi connectivity index (χ1) is 11.6. The summed E-state index contributed by atoms with van der Waals surface area (Å²) >= 11 is 0. The summed E-state index contributed by atoms with van der Waals surface area (Å²) in [7, 11) is 0. The number of halogens is 3. The number of esters is 1. The van der Waals surface area contributed by atoms with Crippen molar-refractivity contribution in [1.29, 1.82) is 0 Å². The lowest BCUT2D eigenvalue weighted by atomic mass is 10.1. The topological polar surface area (TPSA) is 35.5 Å². The average Bonchev–Trinajstić information content (AvgIpc) is 2.54. The van der Waals surface area contributed by atoms with Crippen LogP contribution in [0.1, 0.15) is 43.1 Å². The van der Waals surface area contributed by atoms with E-state index in [9.17, 15) is 18.0 Å². The van der Waals surface area contributed by atoms with Crippen LogP contribution in [0.5, 0.6) is 11.5 Å². The fourth-order valence-corrected chi connectivity index (χ4v) is 1.99. The first-order valence-electron chi connectivity index (χ1n) is 7.80. The Kier molecular flexibility index (Phi) is 5.40. The van der Waals surface area contributed by atoms with Crippen LogP contribution in [-0.2, 0) is 6.18 Å². The third-order valence-electron chi connectivity index (χ3n) is 3.71. The SMILES string of the molecule is CCC(C)(C)Oc1cc(C(=O)Oc2ccccc2)ccc1C(F)(F)F. The average molecular weight is 352 g/mol. The molecule has 0 amide bonds. The summed E-state index contributed by atoms with van der Waals surface area (Å²) in [5.74, 6) is -0.829. The van der Waals surface area contributed by atoms with Crippen molar-refractivity contribution in [3.63, 3.8) is 0 Å². The van der Waals surface area contributed by atoms with Gasteiger partial charge in [0.25, 0.3) is 0 Å². The molecule has 2 aromatic rings. The molecule has 0 unspecified atom stereocenters. The quantitative estimate of drug-likeness (QED) is 0.527. The Hall–Kier alpha value is -2.50. The van der Waals surface area contributed by atoms with E-state index in [1.165, 1.54) is 0 Å². The minimum Gasteiger partial charge on any atom is -0.487 e. The van der Waals surface area contributed by atoms with Gasteiger partial charge in [-0.15, -0.1) is 0 Å². The molecular formula is C19H19F3O3. The van der Waals surface area contributed by atoms with E-state index in [-0.39, 0.29) is 11.3 Å². The fraction of sp³-hybridized carbons (Fsp3) is 0.316. The van der Waals surface area contributed by atoms with Crippen molar-refractivity contribution in [1.82, 2.24) is 0 Å². The Balaban J connectivity index is 2.35. The lowest BCUT2D eigenvalue weighted by molar-refractivity contribution is -0.139. The van der Waals surface area contributed by atoms with Crippen LogP contribution in [0.15, 0.2) is 48.5 Å². The third kappa shape index (κ3) is 4.98. The van der Waals surface area contributed by atoms with Gasteiger partial charge in [-0.05, 0) is 50.6 Å². The second-order valence-electron chi connectivity index (χ2n) is 6.13. The van der Waals surface area contributed by atoms with Gasteiger partial charge in [-0.1, -0.05) is 25.1 Å². The minimum absolute atomic E-state index is 0.0150. The molecule has 0 fully saturated rings. The van der Waals surface area contributed by atoms with Crippen LogP contribution in [0.2, 0.25) is 0 Å². The van der Waals surface area contributed by atoms with Crippen LogP contribution >= 0.6 is 0 Å². The monoisotopic (exact) mass is 352 g/mol. The molecule has 0 aromatic heterocycles. The number of ether oxygens (including phenoxy) is 2. The van der Waals surface area contributed by atoms with E-state index in [2.05, 4.69) is 0 Å². The second-order valence-corrected chi connectivity index (χ2v) is 6.13. The highest BCUT2D eigenvalue weighted by Gasteiger charge is 2.36. The van der Waals surface area contributed by atoms with Gasteiger partial charge in [0.05, 0.1) is 11.1 Å². The molecule has 0 aliphatic heterocycles. The molecule has 0 spiro atoms. The van der Waals surface area contributed by atoms with Crippen molar-refractivity contribution >= 4 is 5.97 Å². The smallest absolute Gasteiger partial charge is 0.419 e. The van der Waals surface area contributed by atoms with Crippen molar-refractivity contribution in [3.8, 4) is 11.5 Å². The molecule has 2 aromatic carbocycles. The maximum atomic E-state index is 13.2. The standard InChI is InChI=1S/C19H19F3O3/c1-4-18(2,3)25-16-12-13(10-11-15(16)19(20,21)22)17(23)24-14-8-6-5-7-9-14/h5-12H,4H2,1-3H3. The zero-order valence-corrected chi connectivity index (χ0v) is 14.2. The largest absolute Gasteiger partial charge is 0.487 e. The highest BCUT2D eigenvalue weighted by atomic mass is 19.4. The highest BCUT2D eigenvalue weighted by Crippen LogP contribution is 2.38. The summed E-state index contributed by atoms with van der Waals surface area (Å²) in [6.45, 7) is 5.17. The van der Waals surface area contributed by atoms with Gasteiger partial charge in [0, 0.05) is 0 Å². The van der Waals surface area contributed by atoms with Crippen molar-refractivity contribution in [2.75, 3.05) is 0 Å². The lowest BCUT2D eigenvalue weighted by Crippen LogP contribution is -2.28. The van der Waals surface area contributed by atoms with Gasteiger partial charge in [0.15, 0.2) is 0 Å². The van der Waals surface area contributed by atoms with Crippen molar-refractivity contribution < 1.29 is 27.4 Å². The summed E-state index contributed by atoms with van der Waals surface area (Å²) in [6, 6.07) is 11.3. The first kappa shape index (κ1) is 18.8. The number of rotatable bonds is 5. The molecule has 0 N–H and O–H groups in total. The Bertz CT molecular complexity index is 737. The van der Waals surface area contributed by atoms with Crippen molar-refractivity contribution in [3.05, 3.63) is 59.7 Å². The van der Waals surface area contributed by atoms with Crippen LogP contribution in [0, 0.1) is 0 Å². The van der Waals surface area contributed by atoms with Gasteiger partial charge in [-0.25, -0.2) is 4.79 Å². The maximum absolute atomic E-state index is 13.2. The van der Waals surface area contributed by atoms with Crippen LogP contribution in [0.3, 0.4) is 0 Å². The van der Waals surface area contributed by atoms with Crippen LogP contribution in [0.25, 0.3) is 0 Å². The Morgan fingerprint density at radius 2 is 1.68 bits per heavy atom. The van der Waals surface area contributed by atoms with Crippen LogP contribution < -0.4 is 9.47 Å². The van der Waals surface area contributed by atoms with Gasteiger partial charge in [-0.2, -0.15) is 13.2 Å². The molecule has 0 saturated carbocycles. The van der Waals surface area contributed by atoms with Gasteiger partial charge in [-0.3, -0.25) is 0 Å². The molecule has 0 aliphatic rings. The molecule has 0 heterocycles. The van der Waals surface area contributed by atoms with Gasteiger partial charge in [0.1, 0.15) is 17.1 Å². The summed E-state index contributed by atoms with van der Waals surface area (Å²) in [5.41, 5.74) is -1.74. The van der Waals surface area contributed by atoms with Crippen LogP contribution in [-0.4, -0.2) is 11.6 Å². The van der Waals surface area contributed by atoms with E-state index >= 15 is 0 Å². The predicted molar refractivity (Wildman–Crippen MR) is 87.8 cm³/mol. The van der Waals surface area contributed by atoms with Gasteiger partial charge in [0.2, 0.25) is 0 Å². The molecule has 134 valence electrons. The number of hydrogen-bond acceptors (Lipinski definition) is 3. The summed E-state index contributed by atoms with van der Waals surface area (Å²) in [4.78, 5) is 12.2. The molecule has 0 atom stereocenters. The Labute approximate surface area is 144 Å². The first-order valence-corrected chi connectivity index (χ1v) is 7.80. The number of carbonyl (C=O) groups excluding carboxylic acids is 1. The van der Waals surface area contributed by atoms with Gasteiger partial charge >= 0.3 is 12.1 Å². The molecule has 3 nitrogen and oxygen atoms in total. The van der Waals surface area contributed by atoms with Crippen LogP contribution in [0.4, 0.5) is 13.2 Å². The van der Waals surface area contributed by atoms with Crippen molar-refractivity contribution in [2.45, 2.75) is 39.0 Å². The summed E-state index contributed by atoms with van der Waals surface area (Å²) in [6.07, 6.45) is -4.08. The maximum Gasteiger partial charge on any atom is 0.419 e. The molecule has 0 aliphatic carbocycles. The van der Waals surface area contributed by atoms with E-state index in [1.54, 1.807) is 51.1 Å². The summed E-state index contributed by atoms with van der Waals surface area (Å²) in [5, 5.41) is 0. The lowest BCUT2D eigenvalue weighted by Gasteiger charge is -2.27. The minimum atomic E-state index is -4.58. The fourth-order valence-electron chi connectivity index (χ4n) is 1.99. The summed E-state index contributed by atoms with van der Waals surface area (Å²) < 4.78 is 50.3. The normalized spacial score (nSPS) is 11.9. The van der Waals surface area contributed by atoms with E-state index in [0.717, 1.165) is 18.2 Å². The molecular weight excluding hydrogens is 333 g/mol. The molecule has 0 bridgehead atoms. The number of alkyl halides is 3. The van der Waals surface area contributed by atoms with E-state index in [1.807, 2.05) is 0 Å². The Morgan fingerprint density at radius 1 is 1.04 bits per heavy atom. The zero-order valence-electron chi connectivity index (χ0n) is 14.2. The Morgan fingerprint density at radius 3 is 2.24 bits per heavy atom. The third-order valence-corrected chi connectivity index (χ3v) is 3.71.